The van der Waals surface area contributed by atoms with Crippen LogP contribution in [-0.4, -0.2) is 22.6 Å². The number of hydrogen-bond acceptors (Lipinski definition) is 4. The van der Waals surface area contributed by atoms with E-state index < -0.39 is 16.8 Å². The molecule has 0 aliphatic carbocycles. The molecule has 0 fully saturated rings. The van der Waals surface area contributed by atoms with Gasteiger partial charge in [-0.1, -0.05) is 11.6 Å². The number of ether oxygens (including phenoxy) is 1. The van der Waals surface area contributed by atoms with Gasteiger partial charge in [0.2, 0.25) is 5.75 Å². The Bertz CT molecular complexity index is 493. The molecule has 1 aromatic carbocycles. The lowest BCUT2D eigenvalue weighted by molar-refractivity contribution is -0.386. The predicted octanol–water partition coefficient (Wildman–Crippen LogP) is 3.11. The standard InChI is InChI=1S/C10H9BrClNO5/c1-5(10(14)15)4-18-9-7(11)2-6(12)3-8(9)13(16)17/h2-3,5H,4H2,1H3,(H,14,15). The van der Waals surface area contributed by atoms with E-state index in [1.807, 2.05) is 0 Å². The van der Waals surface area contributed by atoms with E-state index in [1.54, 1.807) is 0 Å². The minimum atomic E-state index is -1.04. The van der Waals surface area contributed by atoms with Crippen LogP contribution in [0.4, 0.5) is 5.69 Å². The Hall–Kier alpha value is -1.34. The first-order valence-electron chi connectivity index (χ1n) is 4.82. The van der Waals surface area contributed by atoms with Gasteiger partial charge < -0.3 is 9.84 Å². The van der Waals surface area contributed by atoms with Crippen LogP contribution >= 0.6 is 27.5 Å². The summed E-state index contributed by atoms with van der Waals surface area (Å²) in [5, 5.41) is 19.7. The number of nitrogens with zero attached hydrogens (tertiary/aromatic N) is 1. The van der Waals surface area contributed by atoms with Crippen LogP contribution in [0, 0.1) is 16.0 Å². The molecular weight excluding hydrogens is 329 g/mol. The van der Waals surface area contributed by atoms with Gasteiger partial charge in [0.15, 0.2) is 0 Å². The van der Waals surface area contributed by atoms with Crippen LogP contribution in [0.25, 0.3) is 0 Å². The summed E-state index contributed by atoms with van der Waals surface area (Å²) in [5.74, 6) is -1.84. The number of carbonyl (C=O) groups is 1. The van der Waals surface area contributed by atoms with E-state index in [9.17, 15) is 14.9 Å². The van der Waals surface area contributed by atoms with E-state index in [0.29, 0.717) is 4.47 Å². The van der Waals surface area contributed by atoms with Crippen molar-refractivity contribution in [3.8, 4) is 5.75 Å². The van der Waals surface area contributed by atoms with E-state index in [0.717, 1.165) is 6.07 Å². The molecule has 8 heteroatoms. The molecule has 98 valence electrons. The highest BCUT2D eigenvalue weighted by Gasteiger charge is 2.22. The molecule has 1 N–H and O–H groups in total. The minimum absolute atomic E-state index is 0.0301. The Labute approximate surface area is 116 Å². The smallest absolute Gasteiger partial charge is 0.313 e. The molecule has 0 aromatic heterocycles. The fourth-order valence-electron chi connectivity index (χ4n) is 1.10. The maximum atomic E-state index is 10.8. The van der Waals surface area contributed by atoms with Crippen molar-refractivity contribution in [3.63, 3.8) is 0 Å². The molecule has 0 spiro atoms. The van der Waals surface area contributed by atoms with Gasteiger partial charge in [0, 0.05) is 11.1 Å². The summed E-state index contributed by atoms with van der Waals surface area (Å²) in [6.07, 6.45) is 0. The fourth-order valence-corrected chi connectivity index (χ4v) is 2.01. The Morgan fingerprint density at radius 2 is 2.28 bits per heavy atom. The van der Waals surface area contributed by atoms with Gasteiger partial charge in [-0.3, -0.25) is 14.9 Å². The molecule has 1 aromatic rings. The molecule has 1 unspecified atom stereocenters. The van der Waals surface area contributed by atoms with Crippen LogP contribution in [0.2, 0.25) is 5.02 Å². The van der Waals surface area contributed by atoms with Crippen molar-refractivity contribution in [2.45, 2.75) is 6.92 Å². The third-order valence-electron chi connectivity index (χ3n) is 2.08. The van der Waals surface area contributed by atoms with E-state index in [2.05, 4.69) is 15.9 Å². The van der Waals surface area contributed by atoms with Gasteiger partial charge in [0.25, 0.3) is 0 Å². The first kappa shape index (κ1) is 14.7. The van der Waals surface area contributed by atoms with Crippen LogP contribution in [-0.2, 0) is 4.79 Å². The fraction of sp³-hybridized carbons (Fsp3) is 0.300. The van der Waals surface area contributed by atoms with E-state index in [-0.39, 0.29) is 23.1 Å². The summed E-state index contributed by atoms with van der Waals surface area (Å²) in [7, 11) is 0. The molecule has 0 heterocycles. The second-order valence-electron chi connectivity index (χ2n) is 3.54. The van der Waals surface area contributed by atoms with Crippen LogP contribution in [0.5, 0.6) is 5.75 Å². The zero-order valence-electron chi connectivity index (χ0n) is 9.22. The number of rotatable bonds is 5. The normalized spacial score (nSPS) is 11.9. The number of benzene rings is 1. The molecular formula is C10H9BrClNO5. The lowest BCUT2D eigenvalue weighted by Gasteiger charge is -2.11. The molecule has 0 aliphatic heterocycles. The molecule has 0 radical (unpaired) electrons. The topological polar surface area (TPSA) is 89.7 Å². The maximum Gasteiger partial charge on any atom is 0.313 e. The zero-order chi connectivity index (χ0) is 13.9. The molecule has 0 bridgehead atoms. The highest BCUT2D eigenvalue weighted by molar-refractivity contribution is 9.10. The molecule has 1 atom stereocenters. The van der Waals surface area contributed by atoms with Crippen molar-refractivity contribution in [2.75, 3.05) is 6.61 Å². The van der Waals surface area contributed by atoms with Crippen LogP contribution in [0.15, 0.2) is 16.6 Å². The second kappa shape index (κ2) is 6.01. The van der Waals surface area contributed by atoms with E-state index in [4.69, 9.17) is 21.4 Å². The van der Waals surface area contributed by atoms with Gasteiger partial charge in [-0.25, -0.2) is 0 Å². The molecule has 1 rings (SSSR count). The molecule has 6 nitrogen and oxygen atoms in total. The lowest BCUT2D eigenvalue weighted by atomic mass is 10.2. The Morgan fingerprint density at radius 3 is 2.78 bits per heavy atom. The van der Waals surface area contributed by atoms with Crippen molar-refractivity contribution in [3.05, 3.63) is 31.7 Å². The van der Waals surface area contributed by atoms with Crippen molar-refractivity contribution in [1.29, 1.82) is 0 Å². The quantitative estimate of drug-likeness (QED) is 0.658. The largest absolute Gasteiger partial charge is 0.485 e. The summed E-state index contributed by atoms with van der Waals surface area (Å²) < 4.78 is 5.48. The summed E-state index contributed by atoms with van der Waals surface area (Å²) in [5.41, 5.74) is -0.313. The average Bonchev–Trinajstić information content (AvgIpc) is 2.26. The van der Waals surface area contributed by atoms with Crippen molar-refractivity contribution in [2.24, 2.45) is 5.92 Å². The average molecular weight is 339 g/mol. The zero-order valence-corrected chi connectivity index (χ0v) is 11.6. The van der Waals surface area contributed by atoms with Crippen molar-refractivity contribution in [1.82, 2.24) is 0 Å². The van der Waals surface area contributed by atoms with Gasteiger partial charge in [-0.2, -0.15) is 0 Å². The Morgan fingerprint density at radius 1 is 1.67 bits per heavy atom. The van der Waals surface area contributed by atoms with Gasteiger partial charge in [0.05, 0.1) is 15.3 Å². The Balaban J connectivity index is 3.00. The van der Waals surface area contributed by atoms with Crippen molar-refractivity contribution < 1.29 is 19.6 Å². The number of carboxylic acids is 1. The van der Waals surface area contributed by atoms with E-state index >= 15 is 0 Å². The SMILES string of the molecule is CC(COc1c(Br)cc(Cl)cc1[N+](=O)[O-])C(=O)O. The maximum absolute atomic E-state index is 10.8. The number of carboxylic acid groups (broad SMARTS) is 1. The summed E-state index contributed by atoms with van der Waals surface area (Å²) >= 11 is 8.79. The minimum Gasteiger partial charge on any atom is -0.485 e. The molecule has 0 amide bonds. The van der Waals surface area contributed by atoms with Crippen LogP contribution < -0.4 is 4.74 Å². The number of nitro benzene ring substituents is 1. The lowest BCUT2D eigenvalue weighted by Crippen LogP contribution is -2.18. The number of halogens is 2. The molecule has 18 heavy (non-hydrogen) atoms. The second-order valence-corrected chi connectivity index (χ2v) is 4.83. The van der Waals surface area contributed by atoms with E-state index in [1.165, 1.54) is 13.0 Å². The van der Waals surface area contributed by atoms with Gasteiger partial charge in [0.1, 0.15) is 6.61 Å². The van der Waals surface area contributed by atoms with Gasteiger partial charge in [-0.15, -0.1) is 0 Å². The Kier molecular flexibility index (Phi) is 4.92. The number of hydrogen-bond donors (Lipinski definition) is 1. The number of nitro groups is 1. The summed E-state index contributed by atoms with van der Waals surface area (Å²) in [6, 6.07) is 2.59. The van der Waals surface area contributed by atoms with Crippen molar-refractivity contribution >= 4 is 39.2 Å². The van der Waals surface area contributed by atoms with Gasteiger partial charge >= 0.3 is 11.7 Å². The first-order valence-corrected chi connectivity index (χ1v) is 5.99. The van der Waals surface area contributed by atoms with Crippen LogP contribution in [0.1, 0.15) is 6.92 Å². The number of aliphatic carboxylic acids is 1. The third kappa shape index (κ3) is 3.58. The predicted molar refractivity (Wildman–Crippen MR) is 68.1 cm³/mol. The van der Waals surface area contributed by atoms with Gasteiger partial charge in [-0.05, 0) is 28.9 Å². The summed E-state index contributed by atoms with van der Waals surface area (Å²) in [4.78, 5) is 20.8. The first-order chi connectivity index (χ1) is 8.32. The van der Waals surface area contributed by atoms with Crippen LogP contribution in [0.3, 0.4) is 0 Å². The molecule has 0 saturated carbocycles. The molecule has 0 saturated heterocycles. The third-order valence-corrected chi connectivity index (χ3v) is 2.89. The monoisotopic (exact) mass is 337 g/mol. The molecule has 0 aliphatic rings. The highest BCUT2D eigenvalue weighted by atomic mass is 79.9. The summed E-state index contributed by atoms with van der Waals surface area (Å²) in [6.45, 7) is 1.27. The highest BCUT2D eigenvalue weighted by Crippen LogP contribution is 2.38.